The number of carbonyl (C=O) groups is 1. The molecule has 4 rings (SSSR count). The predicted octanol–water partition coefficient (Wildman–Crippen LogP) is 4.31. The Bertz CT molecular complexity index is 1220. The zero-order valence-corrected chi connectivity index (χ0v) is 18.7. The molecule has 0 spiro atoms. The molecule has 1 atom stereocenters. The lowest BCUT2D eigenvalue weighted by Gasteiger charge is -2.22. The van der Waals surface area contributed by atoms with E-state index in [2.05, 4.69) is 10.4 Å². The van der Waals surface area contributed by atoms with Gasteiger partial charge in [0, 0.05) is 18.3 Å². The fourth-order valence-electron chi connectivity index (χ4n) is 3.55. The van der Waals surface area contributed by atoms with Crippen molar-refractivity contribution in [3.63, 3.8) is 0 Å². The second-order valence-electron chi connectivity index (χ2n) is 7.75. The van der Waals surface area contributed by atoms with Gasteiger partial charge in [0.15, 0.2) is 0 Å². The van der Waals surface area contributed by atoms with Crippen molar-refractivity contribution in [3.8, 4) is 22.7 Å². The molecule has 2 heterocycles. The first-order valence-electron chi connectivity index (χ1n) is 10.4. The molecule has 0 aliphatic carbocycles. The van der Waals surface area contributed by atoms with Gasteiger partial charge in [-0.3, -0.25) is 9.69 Å². The molecule has 0 fully saturated rings. The average Bonchev–Trinajstić information content (AvgIpc) is 3.50. The minimum absolute atomic E-state index is 0.128. The van der Waals surface area contributed by atoms with E-state index in [9.17, 15) is 9.18 Å². The summed E-state index contributed by atoms with van der Waals surface area (Å²) in [6, 6.07) is 16.8. The summed E-state index contributed by atoms with van der Waals surface area (Å²) in [6.07, 6.45) is 3.26. The number of rotatable bonds is 8. The van der Waals surface area contributed by atoms with Gasteiger partial charge in [-0.25, -0.2) is 9.07 Å². The van der Waals surface area contributed by atoms with Crippen LogP contribution in [-0.4, -0.2) is 48.3 Å². The van der Waals surface area contributed by atoms with Crippen LogP contribution in [0.1, 0.15) is 22.2 Å². The van der Waals surface area contributed by atoms with Gasteiger partial charge in [-0.2, -0.15) is 5.10 Å². The Labute approximate surface area is 191 Å². The zero-order chi connectivity index (χ0) is 23.4. The number of hydrogen-bond acceptors (Lipinski definition) is 5. The maximum Gasteiger partial charge on any atom is 0.255 e. The van der Waals surface area contributed by atoms with Crippen LogP contribution in [0.2, 0.25) is 0 Å². The molecule has 8 heteroatoms. The van der Waals surface area contributed by atoms with Gasteiger partial charge in [0.1, 0.15) is 23.0 Å². The van der Waals surface area contributed by atoms with E-state index in [4.69, 9.17) is 9.15 Å². The lowest BCUT2D eigenvalue weighted by atomic mass is 10.1. The van der Waals surface area contributed by atoms with E-state index in [1.54, 1.807) is 36.4 Å². The summed E-state index contributed by atoms with van der Waals surface area (Å²) in [5, 5.41) is 7.63. The van der Waals surface area contributed by atoms with Crippen molar-refractivity contribution in [1.29, 1.82) is 0 Å². The number of benzene rings is 2. The highest BCUT2D eigenvalue weighted by Crippen LogP contribution is 2.27. The average molecular weight is 448 g/mol. The monoisotopic (exact) mass is 448 g/mol. The van der Waals surface area contributed by atoms with Gasteiger partial charge in [0.25, 0.3) is 5.91 Å². The van der Waals surface area contributed by atoms with Gasteiger partial charge in [-0.15, -0.1) is 0 Å². The van der Waals surface area contributed by atoms with Crippen molar-refractivity contribution in [3.05, 3.63) is 90.3 Å². The number of furan rings is 1. The number of halogens is 1. The third-order valence-corrected chi connectivity index (χ3v) is 5.34. The second kappa shape index (κ2) is 9.70. The molecule has 7 nitrogen and oxygen atoms in total. The molecule has 0 aliphatic heterocycles. The van der Waals surface area contributed by atoms with Crippen LogP contribution in [0, 0.1) is 5.82 Å². The van der Waals surface area contributed by atoms with Crippen LogP contribution >= 0.6 is 0 Å². The highest BCUT2D eigenvalue weighted by atomic mass is 19.1. The summed E-state index contributed by atoms with van der Waals surface area (Å²) in [5.41, 5.74) is 2.26. The van der Waals surface area contributed by atoms with E-state index < -0.39 is 0 Å². The van der Waals surface area contributed by atoms with E-state index in [0.29, 0.717) is 29.2 Å². The van der Waals surface area contributed by atoms with Crippen molar-refractivity contribution >= 4 is 5.91 Å². The molecule has 2 aromatic heterocycles. The Balaban J connectivity index is 1.67. The summed E-state index contributed by atoms with van der Waals surface area (Å²) in [4.78, 5) is 15.3. The summed E-state index contributed by atoms with van der Waals surface area (Å²) < 4.78 is 25.8. The first kappa shape index (κ1) is 22.3. The molecular weight excluding hydrogens is 423 g/mol. The van der Waals surface area contributed by atoms with E-state index in [1.165, 1.54) is 12.1 Å². The highest BCUT2D eigenvalue weighted by molar-refractivity contribution is 6.00. The van der Waals surface area contributed by atoms with Crippen LogP contribution in [0.25, 0.3) is 16.9 Å². The molecule has 33 heavy (non-hydrogen) atoms. The standard InChI is InChI=1S/C25H25FN4O3/c1-29(2)22(23-8-5-13-33-23)15-27-25(31)21-16-30(19-11-9-18(26)10-12-19)28-24(21)17-6-4-7-20(14-17)32-3/h4-14,16,22H,15H2,1-3H3,(H,27,31)/t22-/m1/s1. The van der Waals surface area contributed by atoms with Crippen molar-refractivity contribution in [2.75, 3.05) is 27.7 Å². The quantitative estimate of drug-likeness (QED) is 0.435. The van der Waals surface area contributed by atoms with Gasteiger partial charge in [-0.1, -0.05) is 12.1 Å². The maximum atomic E-state index is 13.4. The molecular formula is C25H25FN4O3. The van der Waals surface area contributed by atoms with Gasteiger partial charge < -0.3 is 14.5 Å². The van der Waals surface area contributed by atoms with Gasteiger partial charge >= 0.3 is 0 Å². The minimum Gasteiger partial charge on any atom is -0.497 e. The van der Waals surface area contributed by atoms with Crippen LogP contribution in [0.3, 0.4) is 0 Å². The van der Waals surface area contributed by atoms with Crippen LogP contribution in [0.4, 0.5) is 4.39 Å². The summed E-state index contributed by atoms with van der Waals surface area (Å²) >= 11 is 0. The van der Waals surface area contributed by atoms with Crippen molar-refractivity contribution in [2.45, 2.75) is 6.04 Å². The predicted molar refractivity (Wildman–Crippen MR) is 123 cm³/mol. The van der Waals surface area contributed by atoms with Crippen LogP contribution < -0.4 is 10.1 Å². The molecule has 2 aromatic carbocycles. The van der Waals surface area contributed by atoms with Gasteiger partial charge in [0.05, 0.1) is 30.7 Å². The molecule has 0 saturated heterocycles. The topological polar surface area (TPSA) is 72.5 Å². The smallest absolute Gasteiger partial charge is 0.255 e. The molecule has 0 unspecified atom stereocenters. The SMILES string of the molecule is COc1cccc(-c2nn(-c3ccc(F)cc3)cc2C(=O)NC[C@H](c2ccco2)N(C)C)c1. The number of nitrogens with zero attached hydrogens (tertiary/aromatic N) is 3. The molecule has 1 N–H and O–H groups in total. The van der Waals surface area contributed by atoms with Crippen LogP contribution in [-0.2, 0) is 0 Å². The van der Waals surface area contributed by atoms with Crippen molar-refractivity contribution < 1.29 is 18.3 Å². The molecule has 0 saturated carbocycles. The normalized spacial score (nSPS) is 12.0. The fourth-order valence-corrected chi connectivity index (χ4v) is 3.55. The molecule has 0 bridgehead atoms. The highest BCUT2D eigenvalue weighted by Gasteiger charge is 2.22. The Hall–Kier alpha value is -3.91. The Kier molecular flexibility index (Phi) is 6.55. The van der Waals surface area contributed by atoms with E-state index in [0.717, 1.165) is 11.3 Å². The third-order valence-electron chi connectivity index (χ3n) is 5.34. The van der Waals surface area contributed by atoms with E-state index in [-0.39, 0.29) is 17.8 Å². The fraction of sp³-hybridized carbons (Fsp3) is 0.200. The van der Waals surface area contributed by atoms with E-state index >= 15 is 0 Å². The number of amides is 1. The molecule has 4 aromatic rings. The number of nitrogens with one attached hydrogen (secondary N) is 1. The number of hydrogen-bond donors (Lipinski definition) is 1. The number of methoxy groups -OCH3 is 1. The van der Waals surface area contributed by atoms with Crippen molar-refractivity contribution in [1.82, 2.24) is 20.0 Å². The summed E-state index contributed by atoms with van der Waals surface area (Å²) in [5.74, 6) is 0.792. The van der Waals surface area contributed by atoms with Crippen molar-refractivity contribution in [2.24, 2.45) is 0 Å². The first-order valence-corrected chi connectivity index (χ1v) is 10.4. The number of aromatic nitrogens is 2. The van der Waals surface area contributed by atoms with Crippen LogP contribution in [0.15, 0.2) is 77.5 Å². The maximum absolute atomic E-state index is 13.4. The Morgan fingerprint density at radius 1 is 1.18 bits per heavy atom. The van der Waals surface area contributed by atoms with Crippen LogP contribution in [0.5, 0.6) is 5.75 Å². The largest absolute Gasteiger partial charge is 0.497 e. The lowest BCUT2D eigenvalue weighted by molar-refractivity contribution is 0.0939. The van der Waals surface area contributed by atoms with Gasteiger partial charge in [-0.05, 0) is 62.6 Å². The molecule has 1 amide bonds. The number of carbonyl (C=O) groups excluding carboxylic acids is 1. The minimum atomic E-state index is -0.343. The molecule has 170 valence electrons. The van der Waals surface area contributed by atoms with Gasteiger partial charge in [0.2, 0.25) is 0 Å². The molecule has 0 radical (unpaired) electrons. The lowest BCUT2D eigenvalue weighted by Crippen LogP contribution is -2.34. The Morgan fingerprint density at radius 3 is 2.64 bits per heavy atom. The van der Waals surface area contributed by atoms with E-state index in [1.807, 2.05) is 55.4 Å². The number of likely N-dealkylation sites (N-methyl/N-ethyl adjacent to an activating group) is 1. The summed E-state index contributed by atoms with van der Waals surface area (Å²) in [6.45, 7) is 0.346. The zero-order valence-electron chi connectivity index (χ0n) is 18.7. The summed E-state index contributed by atoms with van der Waals surface area (Å²) in [7, 11) is 5.43. The second-order valence-corrected chi connectivity index (χ2v) is 7.75. The number of ether oxygens (including phenoxy) is 1. The first-order chi connectivity index (χ1) is 16.0. The molecule has 0 aliphatic rings. The third kappa shape index (κ3) is 4.96. The Morgan fingerprint density at radius 2 is 1.97 bits per heavy atom.